The molecular formula is C10H18N2O4. The topological polar surface area (TPSA) is 81.1 Å². The normalized spacial score (nSPS) is 9.62. The van der Waals surface area contributed by atoms with Gasteiger partial charge in [-0.1, -0.05) is 6.08 Å². The molecule has 0 atom stereocenters. The first-order chi connectivity index (χ1) is 7.52. The van der Waals surface area contributed by atoms with Crippen LogP contribution in [0.4, 0.5) is 4.79 Å². The molecular weight excluding hydrogens is 212 g/mol. The summed E-state index contributed by atoms with van der Waals surface area (Å²) in [5.74, 6) is -0.947. The van der Waals surface area contributed by atoms with E-state index < -0.39 is 5.97 Å². The number of carbonyl (C=O) groups is 2. The van der Waals surface area contributed by atoms with Crippen molar-refractivity contribution in [3.63, 3.8) is 0 Å². The molecule has 0 fully saturated rings. The summed E-state index contributed by atoms with van der Waals surface area (Å²) >= 11 is 0. The third-order valence-corrected chi connectivity index (χ3v) is 1.98. The Balaban J connectivity index is 4.23. The van der Waals surface area contributed by atoms with Crippen LogP contribution in [0.15, 0.2) is 12.7 Å². The lowest BCUT2D eigenvalue weighted by atomic mass is 10.4. The lowest BCUT2D eigenvalue weighted by Gasteiger charge is -2.26. The van der Waals surface area contributed by atoms with Crippen molar-refractivity contribution in [2.45, 2.75) is 6.42 Å². The number of hydrogen-bond donors (Lipinski definition) is 2. The largest absolute Gasteiger partial charge is 0.481 e. The SMILES string of the molecule is C=CCN(CCO)C(=O)N(C)CCC(=O)O. The fourth-order valence-corrected chi connectivity index (χ4v) is 1.14. The summed E-state index contributed by atoms with van der Waals surface area (Å²) in [7, 11) is 1.53. The Bertz CT molecular complexity index is 255. The van der Waals surface area contributed by atoms with Gasteiger partial charge in [0.15, 0.2) is 0 Å². The number of amides is 2. The minimum atomic E-state index is -0.947. The maximum absolute atomic E-state index is 11.7. The van der Waals surface area contributed by atoms with Gasteiger partial charge >= 0.3 is 12.0 Å². The molecule has 0 aliphatic rings. The summed E-state index contributed by atoms with van der Waals surface area (Å²) in [4.78, 5) is 24.8. The van der Waals surface area contributed by atoms with E-state index in [0.29, 0.717) is 6.54 Å². The number of nitrogens with zero attached hydrogens (tertiary/aromatic N) is 2. The molecule has 0 aliphatic heterocycles. The second kappa shape index (κ2) is 7.70. The van der Waals surface area contributed by atoms with Gasteiger partial charge in [0.1, 0.15) is 0 Å². The van der Waals surface area contributed by atoms with E-state index in [2.05, 4.69) is 6.58 Å². The van der Waals surface area contributed by atoms with E-state index >= 15 is 0 Å². The minimum Gasteiger partial charge on any atom is -0.481 e. The Labute approximate surface area is 94.8 Å². The van der Waals surface area contributed by atoms with E-state index in [1.807, 2.05) is 0 Å². The Morgan fingerprint density at radius 3 is 2.44 bits per heavy atom. The number of carboxylic acid groups (broad SMARTS) is 1. The number of hydrogen-bond acceptors (Lipinski definition) is 3. The van der Waals surface area contributed by atoms with Gasteiger partial charge in [-0.3, -0.25) is 4.79 Å². The van der Waals surface area contributed by atoms with E-state index in [1.54, 1.807) is 6.08 Å². The highest BCUT2D eigenvalue weighted by atomic mass is 16.4. The van der Waals surface area contributed by atoms with Crippen molar-refractivity contribution in [2.75, 3.05) is 33.3 Å². The van der Waals surface area contributed by atoms with Crippen LogP contribution < -0.4 is 0 Å². The molecule has 0 aromatic heterocycles. The van der Waals surface area contributed by atoms with Crippen molar-refractivity contribution < 1.29 is 19.8 Å². The third-order valence-electron chi connectivity index (χ3n) is 1.98. The molecule has 0 aliphatic carbocycles. The van der Waals surface area contributed by atoms with Crippen molar-refractivity contribution in [3.8, 4) is 0 Å². The van der Waals surface area contributed by atoms with Gasteiger partial charge in [0.2, 0.25) is 0 Å². The number of aliphatic carboxylic acids is 1. The average Bonchev–Trinajstić information content (AvgIpc) is 2.24. The molecule has 16 heavy (non-hydrogen) atoms. The smallest absolute Gasteiger partial charge is 0.320 e. The molecule has 0 heterocycles. The molecule has 0 aromatic rings. The molecule has 0 saturated heterocycles. The summed E-state index contributed by atoms with van der Waals surface area (Å²) in [5.41, 5.74) is 0. The summed E-state index contributed by atoms with van der Waals surface area (Å²) in [5, 5.41) is 17.3. The number of urea groups is 1. The van der Waals surface area contributed by atoms with Crippen LogP contribution in [0.5, 0.6) is 0 Å². The lowest BCUT2D eigenvalue weighted by molar-refractivity contribution is -0.137. The molecule has 2 amide bonds. The lowest BCUT2D eigenvalue weighted by Crippen LogP contribution is -2.43. The molecule has 0 aromatic carbocycles. The molecule has 2 N–H and O–H groups in total. The van der Waals surface area contributed by atoms with Crippen LogP contribution in [0, 0.1) is 0 Å². The van der Waals surface area contributed by atoms with Crippen LogP contribution in [0.2, 0.25) is 0 Å². The average molecular weight is 230 g/mol. The van der Waals surface area contributed by atoms with Gasteiger partial charge in [-0.15, -0.1) is 6.58 Å². The summed E-state index contributed by atoms with van der Waals surface area (Å²) in [6.07, 6.45) is 1.46. The Morgan fingerprint density at radius 1 is 1.38 bits per heavy atom. The Morgan fingerprint density at radius 2 is 2.00 bits per heavy atom. The first kappa shape index (κ1) is 14.4. The number of aliphatic hydroxyl groups is 1. The molecule has 6 heteroatoms. The maximum Gasteiger partial charge on any atom is 0.320 e. The van der Waals surface area contributed by atoms with Crippen molar-refractivity contribution in [2.24, 2.45) is 0 Å². The maximum atomic E-state index is 11.7. The molecule has 0 spiro atoms. The summed E-state index contributed by atoms with van der Waals surface area (Å²) < 4.78 is 0. The van der Waals surface area contributed by atoms with Crippen molar-refractivity contribution in [3.05, 3.63) is 12.7 Å². The van der Waals surface area contributed by atoms with Crippen LogP contribution in [-0.2, 0) is 4.79 Å². The predicted octanol–water partition coefficient (Wildman–Crippen LogP) is -0.00680. The predicted molar refractivity (Wildman–Crippen MR) is 59.1 cm³/mol. The summed E-state index contributed by atoms with van der Waals surface area (Å²) in [6.45, 7) is 4.06. The molecule has 0 rings (SSSR count). The molecule has 0 saturated carbocycles. The van der Waals surface area contributed by atoms with Crippen LogP contribution in [0.1, 0.15) is 6.42 Å². The molecule has 0 bridgehead atoms. The van der Waals surface area contributed by atoms with E-state index in [1.165, 1.54) is 16.8 Å². The molecule has 0 radical (unpaired) electrons. The van der Waals surface area contributed by atoms with Gasteiger partial charge in [0.05, 0.1) is 13.0 Å². The Hall–Kier alpha value is -1.56. The van der Waals surface area contributed by atoms with Crippen molar-refractivity contribution in [1.29, 1.82) is 0 Å². The molecule has 6 nitrogen and oxygen atoms in total. The van der Waals surface area contributed by atoms with E-state index in [0.717, 1.165) is 0 Å². The number of aliphatic hydroxyl groups excluding tert-OH is 1. The Kier molecular flexibility index (Phi) is 6.95. The second-order valence-corrected chi connectivity index (χ2v) is 3.31. The van der Waals surface area contributed by atoms with Gasteiger partial charge in [-0.2, -0.15) is 0 Å². The van der Waals surface area contributed by atoms with Crippen LogP contribution >= 0.6 is 0 Å². The van der Waals surface area contributed by atoms with Crippen LogP contribution in [0.3, 0.4) is 0 Å². The standard InChI is InChI=1S/C10H18N2O4/c1-3-5-12(7-8-13)10(16)11(2)6-4-9(14)15/h3,13H,1,4-8H2,2H3,(H,14,15). The molecule has 92 valence electrons. The van der Waals surface area contributed by atoms with Crippen LogP contribution in [-0.4, -0.2) is 65.3 Å². The van der Waals surface area contributed by atoms with Crippen molar-refractivity contribution in [1.82, 2.24) is 9.80 Å². The monoisotopic (exact) mass is 230 g/mol. The van der Waals surface area contributed by atoms with Gasteiger partial charge in [-0.25, -0.2) is 4.79 Å². The van der Waals surface area contributed by atoms with Crippen molar-refractivity contribution >= 4 is 12.0 Å². The molecule has 0 unspecified atom stereocenters. The zero-order chi connectivity index (χ0) is 12.6. The zero-order valence-electron chi connectivity index (χ0n) is 9.43. The third kappa shape index (κ3) is 5.35. The highest BCUT2D eigenvalue weighted by Crippen LogP contribution is 1.98. The quantitative estimate of drug-likeness (QED) is 0.603. The zero-order valence-corrected chi connectivity index (χ0v) is 9.43. The minimum absolute atomic E-state index is 0.0940. The number of carbonyl (C=O) groups excluding carboxylic acids is 1. The number of rotatable bonds is 7. The van der Waals surface area contributed by atoms with Crippen LogP contribution in [0.25, 0.3) is 0 Å². The first-order valence-corrected chi connectivity index (χ1v) is 4.96. The number of carboxylic acids is 1. The fourth-order valence-electron chi connectivity index (χ4n) is 1.14. The van der Waals surface area contributed by atoms with E-state index in [4.69, 9.17) is 10.2 Å². The highest BCUT2D eigenvalue weighted by molar-refractivity contribution is 5.75. The summed E-state index contributed by atoms with van der Waals surface area (Å²) in [6, 6.07) is -0.310. The fraction of sp³-hybridized carbons (Fsp3) is 0.600. The second-order valence-electron chi connectivity index (χ2n) is 3.31. The first-order valence-electron chi connectivity index (χ1n) is 4.96. The van der Waals surface area contributed by atoms with Gasteiger partial charge in [0.25, 0.3) is 0 Å². The van der Waals surface area contributed by atoms with Gasteiger partial charge in [-0.05, 0) is 0 Å². The van der Waals surface area contributed by atoms with E-state index in [9.17, 15) is 9.59 Å². The van der Waals surface area contributed by atoms with Gasteiger partial charge in [0, 0.05) is 26.7 Å². The highest BCUT2D eigenvalue weighted by Gasteiger charge is 2.16. The van der Waals surface area contributed by atoms with Gasteiger partial charge < -0.3 is 20.0 Å². The van der Waals surface area contributed by atoms with E-state index in [-0.39, 0.29) is 32.1 Å².